The van der Waals surface area contributed by atoms with Gasteiger partial charge in [0.1, 0.15) is 0 Å². The van der Waals surface area contributed by atoms with Crippen molar-refractivity contribution in [1.82, 2.24) is 0 Å². The van der Waals surface area contributed by atoms with Gasteiger partial charge in [0, 0.05) is 23.8 Å². The molecule has 1 aromatic rings. The fraction of sp³-hybridized carbons (Fsp3) is 0.500. The van der Waals surface area contributed by atoms with Gasteiger partial charge in [0.15, 0.2) is 0 Å². The van der Waals surface area contributed by atoms with Crippen molar-refractivity contribution in [3.63, 3.8) is 0 Å². The minimum atomic E-state index is -0.267. The number of rotatable bonds is 4. The lowest BCUT2D eigenvalue weighted by atomic mass is 10.1. The second kappa shape index (κ2) is 5.55. The van der Waals surface area contributed by atoms with Crippen LogP contribution in [-0.4, -0.2) is 24.8 Å². The summed E-state index contributed by atoms with van der Waals surface area (Å²) in [4.78, 5) is 2.11. The third kappa shape index (κ3) is 3.39. The van der Waals surface area contributed by atoms with Crippen LogP contribution < -0.4 is 10.6 Å². The van der Waals surface area contributed by atoms with E-state index in [1.807, 2.05) is 20.0 Å². The predicted molar refractivity (Wildman–Crippen MR) is 72.9 cm³/mol. The molecule has 4 heteroatoms. The molecule has 16 heavy (non-hydrogen) atoms. The van der Waals surface area contributed by atoms with Crippen molar-refractivity contribution in [2.75, 3.05) is 24.2 Å². The van der Waals surface area contributed by atoms with Crippen molar-refractivity contribution in [3.05, 3.63) is 22.2 Å². The van der Waals surface area contributed by atoms with Crippen molar-refractivity contribution in [2.24, 2.45) is 0 Å². The lowest BCUT2D eigenvalue weighted by molar-refractivity contribution is 0.187. The van der Waals surface area contributed by atoms with E-state index in [4.69, 9.17) is 5.73 Å². The Kier molecular flexibility index (Phi) is 4.62. The number of nitrogens with two attached hydrogens (primary N) is 1. The zero-order valence-corrected chi connectivity index (χ0v) is 11.6. The molecule has 0 spiro atoms. The van der Waals surface area contributed by atoms with Gasteiger partial charge in [-0.2, -0.15) is 0 Å². The highest BCUT2D eigenvalue weighted by Crippen LogP contribution is 2.30. The van der Waals surface area contributed by atoms with Gasteiger partial charge in [-0.05, 0) is 53.9 Å². The molecule has 0 saturated heterocycles. The highest BCUT2D eigenvalue weighted by molar-refractivity contribution is 9.10. The van der Waals surface area contributed by atoms with Crippen molar-refractivity contribution < 1.29 is 5.11 Å². The zero-order chi connectivity index (χ0) is 12.3. The van der Waals surface area contributed by atoms with E-state index in [9.17, 15) is 5.11 Å². The first-order chi connectivity index (χ1) is 7.41. The molecule has 0 aliphatic heterocycles. The van der Waals surface area contributed by atoms with Crippen LogP contribution in [0.4, 0.5) is 11.4 Å². The molecule has 0 bridgehead atoms. The van der Waals surface area contributed by atoms with Crippen LogP contribution in [0.15, 0.2) is 16.6 Å². The van der Waals surface area contributed by atoms with Gasteiger partial charge in [-0.3, -0.25) is 0 Å². The summed E-state index contributed by atoms with van der Waals surface area (Å²) in [5.41, 5.74) is 8.79. The van der Waals surface area contributed by atoms with Gasteiger partial charge in [0.2, 0.25) is 0 Å². The topological polar surface area (TPSA) is 49.5 Å². The van der Waals surface area contributed by atoms with Crippen LogP contribution in [-0.2, 0) is 0 Å². The molecule has 1 unspecified atom stereocenters. The van der Waals surface area contributed by atoms with E-state index in [2.05, 4.69) is 26.9 Å². The summed E-state index contributed by atoms with van der Waals surface area (Å²) in [5.74, 6) is 0. The molecule has 0 saturated carbocycles. The molecule has 0 amide bonds. The van der Waals surface area contributed by atoms with Gasteiger partial charge in [-0.25, -0.2) is 0 Å². The number of nitrogen functional groups attached to an aromatic ring is 1. The first kappa shape index (κ1) is 13.3. The quantitative estimate of drug-likeness (QED) is 0.837. The number of aliphatic hydroxyl groups is 1. The smallest absolute Gasteiger partial charge is 0.0528 e. The molecule has 3 N–H and O–H groups in total. The van der Waals surface area contributed by atoms with E-state index in [1.165, 1.54) is 0 Å². The summed E-state index contributed by atoms with van der Waals surface area (Å²) in [6, 6.07) is 3.98. The molecule has 3 nitrogen and oxygen atoms in total. The Morgan fingerprint density at radius 1 is 1.50 bits per heavy atom. The van der Waals surface area contributed by atoms with E-state index >= 15 is 0 Å². The van der Waals surface area contributed by atoms with Crippen molar-refractivity contribution in [1.29, 1.82) is 0 Å². The number of benzene rings is 1. The summed E-state index contributed by atoms with van der Waals surface area (Å²) < 4.78 is 0.990. The fourth-order valence-electron chi connectivity index (χ4n) is 1.48. The van der Waals surface area contributed by atoms with Gasteiger partial charge < -0.3 is 15.7 Å². The lowest BCUT2D eigenvalue weighted by Crippen LogP contribution is -2.22. The second-order valence-electron chi connectivity index (χ2n) is 4.22. The normalized spacial score (nSPS) is 12.6. The fourth-order valence-corrected chi connectivity index (χ4v) is 2.14. The molecule has 0 heterocycles. The van der Waals surface area contributed by atoms with Crippen LogP contribution in [0.2, 0.25) is 0 Å². The Balaban J connectivity index is 2.82. The number of anilines is 2. The maximum atomic E-state index is 9.26. The maximum absolute atomic E-state index is 9.26. The second-order valence-corrected chi connectivity index (χ2v) is 5.07. The summed E-state index contributed by atoms with van der Waals surface area (Å²) >= 11 is 3.50. The Bertz CT molecular complexity index is 366. The average molecular weight is 287 g/mol. The van der Waals surface area contributed by atoms with E-state index < -0.39 is 0 Å². The van der Waals surface area contributed by atoms with Crippen molar-refractivity contribution in [2.45, 2.75) is 26.4 Å². The predicted octanol–water partition coefficient (Wildman–Crippen LogP) is 2.55. The number of nitrogens with zero attached hydrogens (tertiary/aromatic N) is 1. The van der Waals surface area contributed by atoms with Crippen LogP contribution in [0, 0.1) is 6.92 Å². The van der Waals surface area contributed by atoms with Gasteiger partial charge in [0.25, 0.3) is 0 Å². The molecule has 1 aromatic carbocycles. The number of hydrogen-bond acceptors (Lipinski definition) is 3. The Labute approximate surface area is 105 Å². The number of aliphatic hydroxyl groups excluding tert-OH is 1. The minimum Gasteiger partial charge on any atom is -0.398 e. The molecule has 1 rings (SSSR count). The molecule has 0 aliphatic rings. The molecular weight excluding hydrogens is 268 g/mol. The van der Waals surface area contributed by atoms with E-state index in [0.717, 1.165) is 34.4 Å². The van der Waals surface area contributed by atoms with Crippen LogP contribution >= 0.6 is 15.9 Å². The van der Waals surface area contributed by atoms with Gasteiger partial charge >= 0.3 is 0 Å². The van der Waals surface area contributed by atoms with Crippen molar-refractivity contribution in [3.8, 4) is 0 Å². The Hall–Kier alpha value is -0.740. The highest BCUT2D eigenvalue weighted by Gasteiger charge is 2.09. The zero-order valence-electron chi connectivity index (χ0n) is 10.00. The molecule has 0 fully saturated rings. The first-order valence-electron chi connectivity index (χ1n) is 5.36. The van der Waals surface area contributed by atoms with Crippen LogP contribution in [0.3, 0.4) is 0 Å². The SMILES string of the molecule is Cc1cc(N(C)CCC(C)O)c(Br)cc1N. The number of hydrogen-bond donors (Lipinski definition) is 2. The highest BCUT2D eigenvalue weighted by atomic mass is 79.9. The average Bonchev–Trinajstić information content (AvgIpc) is 2.20. The monoisotopic (exact) mass is 286 g/mol. The van der Waals surface area contributed by atoms with Crippen LogP contribution in [0.5, 0.6) is 0 Å². The molecule has 0 aliphatic carbocycles. The number of aryl methyl sites for hydroxylation is 1. The lowest BCUT2D eigenvalue weighted by Gasteiger charge is -2.22. The van der Waals surface area contributed by atoms with Gasteiger partial charge in [0.05, 0.1) is 11.8 Å². The maximum Gasteiger partial charge on any atom is 0.0528 e. The summed E-state index contributed by atoms with van der Waals surface area (Å²) in [6.07, 6.45) is 0.489. The van der Waals surface area contributed by atoms with E-state index in [0.29, 0.717) is 0 Å². The minimum absolute atomic E-state index is 0.267. The van der Waals surface area contributed by atoms with Gasteiger partial charge in [-0.15, -0.1) is 0 Å². The summed E-state index contributed by atoms with van der Waals surface area (Å²) in [5, 5.41) is 9.26. The molecule has 0 radical (unpaired) electrons. The number of halogens is 1. The summed E-state index contributed by atoms with van der Waals surface area (Å²) in [6.45, 7) is 4.62. The largest absolute Gasteiger partial charge is 0.398 e. The van der Waals surface area contributed by atoms with Crippen molar-refractivity contribution >= 4 is 27.3 Å². The van der Waals surface area contributed by atoms with Gasteiger partial charge in [-0.1, -0.05) is 0 Å². The van der Waals surface area contributed by atoms with Crippen LogP contribution in [0.1, 0.15) is 18.9 Å². The molecule has 0 aromatic heterocycles. The van der Waals surface area contributed by atoms with E-state index in [1.54, 1.807) is 6.92 Å². The third-order valence-electron chi connectivity index (χ3n) is 2.63. The third-order valence-corrected chi connectivity index (χ3v) is 3.26. The molecule has 1 atom stereocenters. The Morgan fingerprint density at radius 3 is 2.69 bits per heavy atom. The van der Waals surface area contributed by atoms with E-state index in [-0.39, 0.29) is 6.10 Å². The van der Waals surface area contributed by atoms with Crippen LogP contribution in [0.25, 0.3) is 0 Å². The first-order valence-corrected chi connectivity index (χ1v) is 6.16. The molecular formula is C12H19BrN2O. The summed E-state index contributed by atoms with van der Waals surface area (Å²) in [7, 11) is 2.01. The Morgan fingerprint density at radius 2 is 2.12 bits per heavy atom. The standard InChI is InChI=1S/C12H19BrN2O/c1-8-6-12(10(13)7-11(8)14)15(3)5-4-9(2)16/h6-7,9,16H,4-5,14H2,1-3H3. The molecule has 90 valence electrons.